The number of nitrogens with zero attached hydrogens (tertiary/aromatic N) is 1. The van der Waals surface area contributed by atoms with Crippen LogP contribution < -0.4 is 0 Å². The fourth-order valence-electron chi connectivity index (χ4n) is 2.39. The van der Waals surface area contributed by atoms with Crippen LogP contribution in [0.15, 0.2) is 91.4 Å². The average molecular weight is 286 g/mol. The molecule has 2 heterocycles. The van der Waals surface area contributed by atoms with Gasteiger partial charge in [0.05, 0.1) is 5.69 Å². The lowest BCUT2D eigenvalue weighted by atomic mass is 10.0. The molecule has 0 aliphatic carbocycles. The van der Waals surface area contributed by atoms with Crippen molar-refractivity contribution >= 4 is 10.8 Å². The number of H-pyrrole nitrogens is 1. The molecule has 4 rings (SSSR count). The quantitative estimate of drug-likeness (QED) is 0.561. The van der Waals surface area contributed by atoms with E-state index in [0.717, 1.165) is 12.1 Å². The van der Waals surface area contributed by atoms with Gasteiger partial charge in [0.15, 0.2) is 0 Å². The molecule has 2 aromatic carbocycles. The maximum atomic E-state index is 4.50. The summed E-state index contributed by atoms with van der Waals surface area (Å²) in [6, 6.07) is 24.8. The minimum atomic E-state index is 0.891. The van der Waals surface area contributed by atoms with Gasteiger partial charge in [-0.1, -0.05) is 54.6 Å². The Morgan fingerprint density at radius 3 is 2.18 bits per heavy atom. The third-order valence-corrected chi connectivity index (χ3v) is 3.47. The number of aromatic nitrogens is 2. The predicted octanol–water partition coefficient (Wildman–Crippen LogP) is 4.84. The van der Waals surface area contributed by atoms with E-state index in [9.17, 15) is 0 Å². The molecule has 0 aliphatic rings. The molecule has 0 bridgehead atoms. The van der Waals surface area contributed by atoms with E-state index in [2.05, 4.69) is 64.6 Å². The van der Waals surface area contributed by atoms with E-state index >= 15 is 0 Å². The normalized spacial score (nSPS) is 10.0. The van der Waals surface area contributed by atoms with Gasteiger partial charge in [0.25, 0.3) is 0 Å². The second-order valence-electron chi connectivity index (χ2n) is 5.03. The van der Waals surface area contributed by atoms with Crippen molar-refractivity contribution in [3.05, 3.63) is 103 Å². The standard InChI is InChI=1S/C16H13N.C4H5N/c1-2-6-13(7-3-1)12-16-15-9-5-4-8-14(15)10-11-17-16;1-2-4-5-3-1/h1-11H,12H2;1-5H. The monoisotopic (exact) mass is 286 g/mol. The maximum absolute atomic E-state index is 4.50. The Hall–Kier alpha value is -2.87. The Kier molecular flexibility index (Phi) is 4.63. The summed E-state index contributed by atoms with van der Waals surface area (Å²) in [5.41, 5.74) is 2.45. The Bertz CT molecular complexity index is 783. The van der Waals surface area contributed by atoms with Crippen LogP contribution in [0.5, 0.6) is 0 Å². The number of hydrogen-bond acceptors (Lipinski definition) is 1. The molecule has 2 aromatic heterocycles. The number of rotatable bonds is 2. The zero-order valence-corrected chi connectivity index (χ0v) is 12.3. The van der Waals surface area contributed by atoms with Gasteiger partial charge in [-0.25, -0.2) is 0 Å². The van der Waals surface area contributed by atoms with Gasteiger partial charge in [-0.3, -0.25) is 4.98 Å². The zero-order valence-electron chi connectivity index (χ0n) is 12.3. The highest BCUT2D eigenvalue weighted by Crippen LogP contribution is 2.18. The van der Waals surface area contributed by atoms with Crippen LogP contribution in [0.25, 0.3) is 10.8 Å². The molecule has 0 saturated carbocycles. The average Bonchev–Trinajstić information content (AvgIpc) is 3.16. The summed E-state index contributed by atoms with van der Waals surface area (Å²) in [5.74, 6) is 0. The van der Waals surface area contributed by atoms with Crippen LogP contribution >= 0.6 is 0 Å². The van der Waals surface area contributed by atoms with E-state index < -0.39 is 0 Å². The molecule has 2 nitrogen and oxygen atoms in total. The van der Waals surface area contributed by atoms with Crippen LogP contribution in [0.2, 0.25) is 0 Å². The molecule has 0 fully saturated rings. The van der Waals surface area contributed by atoms with Crippen molar-refractivity contribution in [1.82, 2.24) is 9.97 Å². The highest BCUT2D eigenvalue weighted by Gasteiger charge is 2.02. The molecule has 4 aromatic rings. The summed E-state index contributed by atoms with van der Waals surface area (Å²) in [6.45, 7) is 0. The van der Waals surface area contributed by atoms with Gasteiger partial charge < -0.3 is 4.98 Å². The predicted molar refractivity (Wildman–Crippen MR) is 91.8 cm³/mol. The Morgan fingerprint density at radius 1 is 0.727 bits per heavy atom. The van der Waals surface area contributed by atoms with Gasteiger partial charge in [-0.05, 0) is 29.1 Å². The largest absolute Gasteiger partial charge is 0.368 e. The molecule has 1 N–H and O–H groups in total. The molecule has 0 unspecified atom stereocenters. The maximum Gasteiger partial charge on any atom is 0.0525 e. The summed E-state index contributed by atoms with van der Waals surface area (Å²) < 4.78 is 0. The van der Waals surface area contributed by atoms with Crippen LogP contribution in [0.4, 0.5) is 0 Å². The highest BCUT2D eigenvalue weighted by molar-refractivity contribution is 5.84. The van der Waals surface area contributed by atoms with E-state index in [0.29, 0.717) is 0 Å². The van der Waals surface area contributed by atoms with Crippen molar-refractivity contribution in [3.63, 3.8) is 0 Å². The van der Waals surface area contributed by atoms with Crippen molar-refractivity contribution in [3.8, 4) is 0 Å². The zero-order chi connectivity index (χ0) is 15.0. The van der Waals surface area contributed by atoms with Crippen LogP contribution in [-0.2, 0) is 6.42 Å². The van der Waals surface area contributed by atoms with Crippen molar-refractivity contribution in [2.75, 3.05) is 0 Å². The SMILES string of the molecule is c1cc[nH]c1.c1ccc(Cc2nccc3ccccc23)cc1. The molecule has 0 atom stereocenters. The van der Waals surface area contributed by atoms with Gasteiger partial charge in [0, 0.05) is 30.4 Å². The second kappa shape index (κ2) is 7.23. The molecule has 108 valence electrons. The number of nitrogens with one attached hydrogen (secondary N) is 1. The highest BCUT2D eigenvalue weighted by atomic mass is 14.7. The molecule has 0 aliphatic heterocycles. The van der Waals surface area contributed by atoms with Crippen LogP contribution in [0.3, 0.4) is 0 Å². The first-order valence-electron chi connectivity index (χ1n) is 7.38. The summed E-state index contributed by atoms with van der Waals surface area (Å²) >= 11 is 0. The minimum Gasteiger partial charge on any atom is -0.368 e. The Labute approximate surface area is 130 Å². The van der Waals surface area contributed by atoms with Crippen LogP contribution in [0, 0.1) is 0 Å². The van der Waals surface area contributed by atoms with Gasteiger partial charge in [0.2, 0.25) is 0 Å². The number of benzene rings is 2. The minimum absolute atomic E-state index is 0.891. The number of pyridine rings is 1. The Morgan fingerprint density at radius 2 is 1.45 bits per heavy atom. The van der Waals surface area contributed by atoms with Gasteiger partial charge in [0.1, 0.15) is 0 Å². The van der Waals surface area contributed by atoms with E-state index in [4.69, 9.17) is 0 Å². The number of aromatic amines is 1. The summed E-state index contributed by atoms with van der Waals surface area (Å²) in [4.78, 5) is 7.36. The van der Waals surface area contributed by atoms with Crippen molar-refractivity contribution < 1.29 is 0 Å². The molecule has 0 amide bonds. The van der Waals surface area contributed by atoms with E-state index in [1.807, 2.05) is 36.8 Å². The molecule has 0 saturated heterocycles. The third-order valence-electron chi connectivity index (χ3n) is 3.47. The van der Waals surface area contributed by atoms with Crippen LogP contribution in [-0.4, -0.2) is 9.97 Å². The topological polar surface area (TPSA) is 28.7 Å². The molecule has 2 heteroatoms. The summed E-state index contributed by atoms with van der Waals surface area (Å²) in [7, 11) is 0. The number of hydrogen-bond donors (Lipinski definition) is 1. The summed E-state index contributed by atoms with van der Waals surface area (Å²) in [5, 5.41) is 2.51. The second-order valence-corrected chi connectivity index (χ2v) is 5.03. The van der Waals surface area contributed by atoms with E-state index in [1.54, 1.807) is 0 Å². The first-order chi connectivity index (χ1) is 10.9. The van der Waals surface area contributed by atoms with Crippen molar-refractivity contribution in [2.24, 2.45) is 0 Å². The van der Waals surface area contributed by atoms with E-state index in [1.165, 1.54) is 16.3 Å². The molecule has 0 radical (unpaired) electrons. The fraction of sp³-hybridized carbons (Fsp3) is 0.0500. The third kappa shape index (κ3) is 3.61. The van der Waals surface area contributed by atoms with Gasteiger partial charge in [-0.2, -0.15) is 0 Å². The lowest BCUT2D eigenvalue weighted by Gasteiger charge is -2.05. The lowest BCUT2D eigenvalue weighted by molar-refractivity contribution is 1.10. The van der Waals surface area contributed by atoms with E-state index in [-0.39, 0.29) is 0 Å². The Balaban J connectivity index is 0.000000246. The van der Waals surface area contributed by atoms with Gasteiger partial charge in [-0.15, -0.1) is 0 Å². The first-order valence-corrected chi connectivity index (χ1v) is 7.38. The smallest absolute Gasteiger partial charge is 0.0525 e. The number of fused-ring (bicyclic) bond motifs is 1. The molecular weight excluding hydrogens is 268 g/mol. The molecule has 22 heavy (non-hydrogen) atoms. The lowest BCUT2D eigenvalue weighted by Crippen LogP contribution is -1.93. The van der Waals surface area contributed by atoms with Gasteiger partial charge >= 0.3 is 0 Å². The van der Waals surface area contributed by atoms with Crippen molar-refractivity contribution in [1.29, 1.82) is 0 Å². The first kappa shape index (κ1) is 14.1. The van der Waals surface area contributed by atoms with Crippen LogP contribution in [0.1, 0.15) is 11.3 Å². The molecule has 0 spiro atoms. The summed E-state index contributed by atoms with van der Waals surface area (Å²) in [6.07, 6.45) is 6.53. The fourth-order valence-corrected chi connectivity index (χ4v) is 2.39. The molecular formula is C20H18N2. The van der Waals surface area contributed by atoms with Crippen molar-refractivity contribution in [2.45, 2.75) is 6.42 Å².